The van der Waals surface area contributed by atoms with Gasteiger partial charge in [-0.25, -0.2) is 0 Å². The lowest BCUT2D eigenvalue weighted by Gasteiger charge is -2.28. The summed E-state index contributed by atoms with van der Waals surface area (Å²) in [5.41, 5.74) is 1.58. The zero-order valence-electron chi connectivity index (χ0n) is 42.0. The maximum absolute atomic E-state index is 13.6. The molecular formula is C42H72N15O15P3. The maximum Gasteiger partial charge on any atom is 0.303 e. The van der Waals surface area contributed by atoms with E-state index in [0.29, 0.717) is 56.0 Å². The van der Waals surface area contributed by atoms with Gasteiger partial charge in [-0.05, 0) is 19.3 Å². The van der Waals surface area contributed by atoms with Gasteiger partial charge >= 0.3 is 17.9 Å². The van der Waals surface area contributed by atoms with Crippen LogP contribution in [0.2, 0.25) is 0 Å². The van der Waals surface area contributed by atoms with Gasteiger partial charge in [0, 0.05) is 154 Å². The van der Waals surface area contributed by atoms with Crippen LogP contribution in [0, 0.1) is 0 Å². The fourth-order valence-electron chi connectivity index (χ4n) is 7.65. The summed E-state index contributed by atoms with van der Waals surface area (Å²) >= 11 is 0. The molecule has 3 amide bonds. The molecule has 1 aliphatic rings. The van der Waals surface area contributed by atoms with Crippen molar-refractivity contribution >= 4 is 57.7 Å². The summed E-state index contributed by atoms with van der Waals surface area (Å²) in [5, 5.41) is 58.4. The average Bonchev–Trinajstić information content (AvgIpc) is 4.13. The highest BCUT2D eigenvalue weighted by molar-refractivity contribution is 7.58. The van der Waals surface area contributed by atoms with E-state index in [-0.39, 0.29) is 154 Å². The van der Waals surface area contributed by atoms with Crippen LogP contribution in [0.1, 0.15) is 74.9 Å². The second kappa shape index (κ2) is 31.7. The van der Waals surface area contributed by atoms with Crippen molar-refractivity contribution in [1.29, 1.82) is 0 Å². The minimum atomic E-state index is -3.98. The van der Waals surface area contributed by atoms with Crippen molar-refractivity contribution in [3.8, 4) is 0 Å². The van der Waals surface area contributed by atoms with Gasteiger partial charge in [-0.1, -0.05) is 15.6 Å². The first kappa shape index (κ1) is 62.2. The van der Waals surface area contributed by atoms with E-state index in [0.717, 1.165) is 0 Å². The van der Waals surface area contributed by atoms with Gasteiger partial charge in [0.05, 0.1) is 55.2 Å². The lowest BCUT2D eigenvalue weighted by atomic mass is 10.2. The quantitative estimate of drug-likeness (QED) is 0.0254. The monoisotopic (exact) mass is 1120 g/mol. The Kier molecular flexibility index (Phi) is 26.3. The fraction of sp³-hybridized carbons (Fsp3) is 0.714. The number of aryl methyl sites for hydroxylation is 6. The molecule has 0 bridgehead atoms. The largest absolute Gasteiger partial charge is 0.481 e. The van der Waals surface area contributed by atoms with Gasteiger partial charge in [0.2, 0.25) is 39.8 Å². The van der Waals surface area contributed by atoms with Crippen LogP contribution in [0.3, 0.4) is 0 Å². The highest BCUT2D eigenvalue weighted by atomic mass is 31.2. The fourth-order valence-corrected chi connectivity index (χ4v) is 12.5. The molecule has 3 unspecified atom stereocenters. The Balaban J connectivity index is 1.28. The first-order valence-electron chi connectivity index (χ1n) is 24.7. The molecule has 9 N–H and O–H groups in total. The lowest BCUT2D eigenvalue weighted by Crippen LogP contribution is -2.37. The first-order chi connectivity index (χ1) is 35.5. The lowest BCUT2D eigenvalue weighted by molar-refractivity contribution is -0.138. The molecule has 0 aliphatic carbocycles. The highest BCUT2D eigenvalue weighted by Crippen LogP contribution is 2.44. The number of aliphatic carboxylic acids is 3. The third-order valence-electron chi connectivity index (χ3n) is 11.7. The molecule has 3 aromatic heterocycles. The summed E-state index contributed by atoms with van der Waals surface area (Å²) in [6.45, 7) is 2.90. The number of hydrogen-bond donors (Lipinski definition) is 9. The summed E-state index contributed by atoms with van der Waals surface area (Å²) in [6, 6.07) is 0. The molecule has 3 aromatic rings. The van der Waals surface area contributed by atoms with Gasteiger partial charge in [0.25, 0.3) is 0 Å². The molecular weight excluding hydrogens is 1050 g/mol. The van der Waals surface area contributed by atoms with Crippen molar-refractivity contribution in [1.82, 2.24) is 75.6 Å². The standard InChI is InChI=1S/C42H72N15O15P3/c58-37(43-13-1-16-55-28-34(46-49-55)4-7-40(61)62)10-25-73(67,68)31-52-19-21-53(32-74(69,70)26-11-38(59)44-14-2-17-56-29-35(47-50-56)5-8-41(63)64)23-24-54(22-20-52)33-75(71,72)27-12-39(60)45-15-3-18-57-30-36(48-51-57)6-9-42(65)66/h28-30H,1-27,31-33H2,(H,43,58)(H,44,59)(H,45,60)(H,61,62)(H,63,64)(H,65,66)(H,67,68)(H,69,70)(H,71,72). The Bertz CT molecular complexity index is 2200. The minimum Gasteiger partial charge on any atom is -0.481 e. The van der Waals surface area contributed by atoms with E-state index in [1.807, 2.05) is 0 Å². The Labute approximate surface area is 433 Å². The van der Waals surface area contributed by atoms with Crippen LogP contribution in [-0.4, -0.2) is 222 Å². The molecule has 420 valence electrons. The molecule has 0 spiro atoms. The van der Waals surface area contributed by atoms with Crippen molar-refractivity contribution in [2.75, 3.05) is 96.2 Å². The number of hydrogen-bond acceptors (Lipinski definition) is 18. The predicted molar refractivity (Wildman–Crippen MR) is 268 cm³/mol. The number of nitrogens with zero attached hydrogens (tertiary/aromatic N) is 12. The van der Waals surface area contributed by atoms with Crippen molar-refractivity contribution in [3.63, 3.8) is 0 Å². The second-order valence-electron chi connectivity index (χ2n) is 18.4. The summed E-state index contributed by atoms with van der Waals surface area (Å²) in [5.74, 6) is -4.19. The molecule has 3 atom stereocenters. The number of aromatic nitrogens is 9. The van der Waals surface area contributed by atoms with Crippen LogP contribution in [-0.2, 0) is 81.4 Å². The van der Waals surface area contributed by atoms with Gasteiger partial charge < -0.3 is 46.0 Å². The van der Waals surface area contributed by atoms with E-state index < -0.39 is 57.7 Å². The predicted octanol–water partition coefficient (Wildman–Crippen LogP) is -0.794. The molecule has 0 saturated carbocycles. The van der Waals surface area contributed by atoms with Crippen molar-refractivity contribution in [2.45, 2.75) is 96.7 Å². The van der Waals surface area contributed by atoms with Crippen LogP contribution in [0.5, 0.6) is 0 Å². The number of nitrogens with one attached hydrogen (secondary N) is 3. The van der Waals surface area contributed by atoms with Gasteiger partial charge in [0.1, 0.15) is 0 Å². The molecule has 4 rings (SSSR count). The Morgan fingerprint density at radius 2 is 0.693 bits per heavy atom. The van der Waals surface area contributed by atoms with Gasteiger partial charge in [0.15, 0.2) is 0 Å². The SMILES string of the molecule is O=C(O)CCc1cn(CCCNC(=O)CCP(=O)(O)CN2CCN(CP(=O)(O)CCC(=O)NCCCn3cc(CCC(=O)O)nn3)CCN(CP(=O)(O)CCC(=O)NCCCn3cc(CCC(=O)O)nn3)CC2)nn1. The van der Waals surface area contributed by atoms with E-state index in [9.17, 15) is 57.1 Å². The molecule has 4 heterocycles. The Morgan fingerprint density at radius 3 is 0.933 bits per heavy atom. The molecule has 1 fully saturated rings. The van der Waals surface area contributed by atoms with Crippen LogP contribution >= 0.6 is 22.1 Å². The molecule has 1 saturated heterocycles. The topological polar surface area (TPSA) is 413 Å². The van der Waals surface area contributed by atoms with E-state index in [2.05, 4.69) is 46.9 Å². The zero-order chi connectivity index (χ0) is 54.9. The van der Waals surface area contributed by atoms with E-state index in [4.69, 9.17) is 15.3 Å². The summed E-state index contributed by atoms with van der Waals surface area (Å²) < 4.78 is 45.3. The van der Waals surface area contributed by atoms with Crippen LogP contribution in [0.4, 0.5) is 0 Å². The molecule has 33 heteroatoms. The minimum absolute atomic E-state index is 0.0804. The van der Waals surface area contributed by atoms with Gasteiger partial charge in [-0.3, -0.25) is 71.2 Å². The van der Waals surface area contributed by atoms with Gasteiger partial charge in [-0.15, -0.1) is 15.3 Å². The van der Waals surface area contributed by atoms with Crippen LogP contribution < -0.4 is 16.0 Å². The third kappa shape index (κ3) is 27.3. The summed E-state index contributed by atoms with van der Waals surface area (Å²) in [4.78, 5) is 109. The average molecular weight is 1120 g/mol. The number of carboxylic acids is 3. The molecule has 30 nitrogen and oxygen atoms in total. The van der Waals surface area contributed by atoms with Crippen LogP contribution in [0.25, 0.3) is 0 Å². The van der Waals surface area contributed by atoms with E-state index in [1.54, 1.807) is 33.3 Å². The highest BCUT2D eigenvalue weighted by Gasteiger charge is 2.31. The zero-order valence-corrected chi connectivity index (χ0v) is 44.7. The number of carboxylic acid groups (broad SMARTS) is 3. The first-order valence-corrected chi connectivity index (χ1v) is 30.8. The Hall–Kier alpha value is -5.31. The molecule has 1 aliphatic heterocycles. The number of rotatable bonds is 36. The molecule has 0 aromatic carbocycles. The third-order valence-corrected chi connectivity index (χ3v) is 17.0. The second-order valence-corrected chi connectivity index (χ2v) is 25.7. The molecule has 0 radical (unpaired) electrons. The summed E-state index contributed by atoms with van der Waals surface area (Å²) in [6.07, 6.45) is 3.97. The maximum atomic E-state index is 13.6. The smallest absolute Gasteiger partial charge is 0.303 e. The van der Waals surface area contributed by atoms with Crippen molar-refractivity contribution < 1.29 is 72.5 Å². The number of carbonyl (C=O) groups is 6. The number of amides is 3. The normalized spacial score (nSPS) is 16.4. The van der Waals surface area contributed by atoms with Crippen molar-refractivity contribution in [3.05, 3.63) is 35.7 Å². The number of carbonyl (C=O) groups excluding carboxylic acids is 3. The van der Waals surface area contributed by atoms with E-state index >= 15 is 0 Å². The Morgan fingerprint density at radius 1 is 0.440 bits per heavy atom. The van der Waals surface area contributed by atoms with Gasteiger partial charge in [-0.2, -0.15) is 0 Å². The molecule has 75 heavy (non-hydrogen) atoms. The van der Waals surface area contributed by atoms with E-state index in [1.165, 1.54) is 14.0 Å². The summed E-state index contributed by atoms with van der Waals surface area (Å²) in [7, 11) is -11.9. The van der Waals surface area contributed by atoms with Crippen LogP contribution in [0.15, 0.2) is 18.6 Å². The van der Waals surface area contributed by atoms with Crippen molar-refractivity contribution in [2.24, 2.45) is 0 Å².